The van der Waals surface area contributed by atoms with Gasteiger partial charge >= 0.3 is 0 Å². The highest BCUT2D eigenvalue weighted by atomic mass is 35.5. The van der Waals surface area contributed by atoms with Gasteiger partial charge in [-0.2, -0.15) is 0 Å². The number of amides is 2. The molecule has 1 heterocycles. The monoisotopic (exact) mass is 315 g/mol. The summed E-state index contributed by atoms with van der Waals surface area (Å²) in [6.45, 7) is 3.73. The number of carbonyl (C=O) groups excluding carboxylic acids is 2. The van der Waals surface area contributed by atoms with Crippen molar-refractivity contribution in [3.63, 3.8) is 0 Å². The zero-order valence-corrected chi connectivity index (χ0v) is 12.8. The quantitative estimate of drug-likeness (QED) is 0.777. The van der Waals surface area contributed by atoms with Gasteiger partial charge in [0.25, 0.3) is 5.24 Å². The number of halogens is 1. The molecule has 0 radical (unpaired) electrons. The zero-order chi connectivity index (χ0) is 13.7. The fourth-order valence-electron chi connectivity index (χ4n) is 1.78. The molecule has 1 aliphatic rings. The van der Waals surface area contributed by atoms with Crippen molar-refractivity contribution >= 4 is 41.0 Å². The van der Waals surface area contributed by atoms with Crippen molar-refractivity contribution in [3.05, 3.63) is 29.8 Å². The van der Waals surface area contributed by atoms with E-state index in [9.17, 15) is 9.59 Å². The molecule has 1 fully saturated rings. The molecule has 110 valence electrons. The minimum absolute atomic E-state index is 0. The third-order valence-electron chi connectivity index (χ3n) is 2.76. The summed E-state index contributed by atoms with van der Waals surface area (Å²) in [7, 11) is 0. The van der Waals surface area contributed by atoms with E-state index in [1.807, 2.05) is 31.2 Å². The SMILES string of the molecule is CCNCc1cccc(NC(=O)[C@@H]2CSC(=O)N2)c1.Cl. The molecular formula is C13H18ClN3O2S. The van der Waals surface area contributed by atoms with Gasteiger partial charge in [-0.25, -0.2) is 0 Å². The van der Waals surface area contributed by atoms with E-state index in [1.54, 1.807) is 0 Å². The first-order valence-corrected chi connectivity index (χ1v) is 7.21. The molecule has 2 rings (SSSR count). The average molecular weight is 316 g/mol. The number of nitrogens with one attached hydrogen (secondary N) is 3. The van der Waals surface area contributed by atoms with Crippen LogP contribution in [-0.4, -0.2) is 29.5 Å². The van der Waals surface area contributed by atoms with Gasteiger partial charge in [0.1, 0.15) is 6.04 Å². The highest BCUT2D eigenvalue weighted by Gasteiger charge is 2.27. The Balaban J connectivity index is 0.00000200. The van der Waals surface area contributed by atoms with Crippen molar-refractivity contribution in [2.24, 2.45) is 0 Å². The summed E-state index contributed by atoms with van der Waals surface area (Å²) in [5, 5.41) is 8.54. The van der Waals surface area contributed by atoms with E-state index in [0.29, 0.717) is 5.75 Å². The van der Waals surface area contributed by atoms with Crippen molar-refractivity contribution in [1.82, 2.24) is 10.6 Å². The largest absolute Gasteiger partial charge is 0.334 e. The van der Waals surface area contributed by atoms with Gasteiger partial charge in [-0.15, -0.1) is 12.4 Å². The van der Waals surface area contributed by atoms with Gasteiger partial charge in [0.05, 0.1) is 0 Å². The lowest BCUT2D eigenvalue weighted by atomic mass is 10.2. The van der Waals surface area contributed by atoms with E-state index >= 15 is 0 Å². The molecule has 7 heteroatoms. The summed E-state index contributed by atoms with van der Waals surface area (Å²) in [5.41, 5.74) is 1.87. The predicted octanol–water partition coefficient (Wildman–Crippen LogP) is 1.98. The number of anilines is 1. The van der Waals surface area contributed by atoms with Gasteiger partial charge in [0.2, 0.25) is 5.91 Å². The lowest BCUT2D eigenvalue weighted by Crippen LogP contribution is -2.38. The van der Waals surface area contributed by atoms with Crippen LogP contribution in [0.5, 0.6) is 0 Å². The van der Waals surface area contributed by atoms with Crippen LogP contribution in [-0.2, 0) is 11.3 Å². The van der Waals surface area contributed by atoms with Crippen LogP contribution in [0, 0.1) is 0 Å². The lowest BCUT2D eigenvalue weighted by Gasteiger charge is -2.11. The molecule has 2 amide bonds. The molecule has 0 saturated carbocycles. The summed E-state index contributed by atoms with van der Waals surface area (Å²) in [4.78, 5) is 23.0. The first kappa shape index (κ1) is 16.8. The first-order chi connectivity index (χ1) is 9.19. The van der Waals surface area contributed by atoms with Gasteiger partial charge < -0.3 is 16.0 Å². The summed E-state index contributed by atoms with van der Waals surface area (Å²) in [5.74, 6) is 0.320. The molecule has 1 aromatic carbocycles. The van der Waals surface area contributed by atoms with Gasteiger partial charge in [-0.1, -0.05) is 30.8 Å². The molecule has 1 aromatic rings. The number of carbonyl (C=O) groups is 2. The third-order valence-corrected chi connectivity index (χ3v) is 3.64. The van der Waals surface area contributed by atoms with Crippen molar-refractivity contribution in [2.75, 3.05) is 17.6 Å². The molecule has 0 spiro atoms. The topological polar surface area (TPSA) is 70.2 Å². The highest BCUT2D eigenvalue weighted by Crippen LogP contribution is 2.16. The molecule has 3 N–H and O–H groups in total. The molecule has 20 heavy (non-hydrogen) atoms. The second-order valence-electron chi connectivity index (χ2n) is 4.27. The minimum atomic E-state index is -0.435. The van der Waals surface area contributed by atoms with Crippen LogP contribution < -0.4 is 16.0 Å². The van der Waals surface area contributed by atoms with Gasteiger partial charge in [0.15, 0.2) is 0 Å². The Morgan fingerprint density at radius 2 is 2.30 bits per heavy atom. The van der Waals surface area contributed by atoms with E-state index in [-0.39, 0.29) is 23.6 Å². The minimum Gasteiger partial charge on any atom is -0.334 e. The Hall–Kier alpha value is -1.24. The van der Waals surface area contributed by atoms with E-state index < -0.39 is 6.04 Å². The highest BCUT2D eigenvalue weighted by molar-refractivity contribution is 8.14. The molecule has 5 nitrogen and oxygen atoms in total. The van der Waals surface area contributed by atoms with Crippen LogP contribution in [0.25, 0.3) is 0 Å². The molecule has 1 aliphatic heterocycles. The maximum atomic E-state index is 11.9. The van der Waals surface area contributed by atoms with Gasteiger partial charge in [-0.3, -0.25) is 9.59 Å². The summed E-state index contributed by atoms with van der Waals surface area (Å²) in [6, 6.07) is 7.26. The molecule has 0 unspecified atom stereocenters. The van der Waals surface area contributed by atoms with Gasteiger partial charge in [0, 0.05) is 18.0 Å². The maximum absolute atomic E-state index is 11.9. The van der Waals surface area contributed by atoms with Crippen LogP contribution >= 0.6 is 24.2 Å². The summed E-state index contributed by atoms with van der Waals surface area (Å²) >= 11 is 1.14. The summed E-state index contributed by atoms with van der Waals surface area (Å²) in [6.07, 6.45) is 0. The maximum Gasteiger partial charge on any atom is 0.279 e. The molecule has 0 aliphatic carbocycles. The number of hydrogen-bond donors (Lipinski definition) is 3. The van der Waals surface area contributed by atoms with E-state index in [0.717, 1.165) is 36.1 Å². The Kier molecular flexibility index (Phi) is 6.84. The van der Waals surface area contributed by atoms with Crippen molar-refractivity contribution in [1.29, 1.82) is 0 Å². The summed E-state index contributed by atoms with van der Waals surface area (Å²) < 4.78 is 0. The van der Waals surface area contributed by atoms with Gasteiger partial charge in [-0.05, 0) is 24.2 Å². The van der Waals surface area contributed by atoms with E-state index in [1.165, 1.54) is 0 Å². The number of hydrogen-bond acceptors (Lipinski definition) is 4. The van der Waals surface area contributed by atoms with Crippen LogP contribution in [0.15, 0.2) is 24.3 Å². The van der Waals surface area contributed by atoms with Crippen molar-refractivity contribution < 1.29 is 9.59 Å². The first-order valence-electron chi connectivity index (χ1n) is 6.23. The fourth-order valence-corrected chi connectivity index (χ4v) is 2.56. The van der Waals surface area contributed by atoms with Crippen LogP contribution in [0.3, 0.4) is 0 Å². The molecular weight excluding hydrogens is 298 g/mol. The average Bonchev–Trinajstić information content (AvgIpc) is 2.83. The predicted molar refractivity (Wildman–Crippen MR) is 84.5 cm³/mol. The van der Waals surface area contributed by atoms with Crippen LogP contribution in [0.2, 0.25) is 0 Å². The van der Waals surface area contributed by atoms with E-state index in [4.69, 9.17) is 0 Å². The Labute approximate surface area is 128 Å². The normalized spacial score (nSPS) is 17.2. The Bertz CT molecular complexity index is 484. The Morgan fingerprint density at radius 3 is 2.95 bits per heavy atom. The molecule has 0 bridgehead atoms. The number of rotatable bonds is 5. The Morgan fingerprint density at radius 1 is 1.50 bits per heavy atom. The second kappa shape index (κ2) is 8.14. The third kappa shape index (κ3) is 4.70. The molecule has 1 saturated heterocycles. The van der Waals surface area contributed by atoms with Crippen LogP contribution in [0.4, 0.5) is 10.5 Å². The molecule has 0 aromatic heterocycles. The number of benzene rings is 1. The second-order valence-corrected chi connectivity index (χ2v) is 5.26. The van der Waals surface area contributed by atoms with Crippen molar-refractivity contribution in [3.8, 4) is 0 Å². The zero-order valence-electron chi connectivity index (χ0n) is 11.1. The molecule has 1 atom stereocenters. The standard InChI is InChI=1S/C13H17N3O2S.ClH/c1-2-14-7-9-4-3-5-10(6-9)15-12(17)11-8-19-13(18)16-11;/h3-6,11,14H,2,7-8H2,1H3,(H,15,17)(H,16,18);1H/t11-;/m0./s1. The smallest absolute Gasteiger partial charge is 0.279 e. The van der Waals surface area contributed by atoms with E-state index in [2.05, 4.69) is 16.0 Å². The fraction of sp³-hybridized carbons (Fsp3) is 0.385. The number of thioether (sulfide) groups is 1. The van der Waals surface area contributed by atoms with Crippen molar-refractivity contribution in [2.45, 2.75) is 19.5 Å². The van der Waals surface area contributed by atoms with Crippen LogP contribution in [0.1, 0.15) is 12.5 Å². The lowest BCUT2D eigenvalue weighted by molar-refractivity contribution is -0.117.